The molecule has 0 saturated carbocycles. The van der Waals surface area contributed by atoms with Crippen LogP contribution < -0.4 is 4.90 Å². The Morgan fingerprint density at radius 1 is 1.18 bits per heavy atom. The first-order chi connectivity index (χ1) is 12.8. The van der Waals surface area contributed by atoms with Gasteiger partial charge in [0.05, 0.1) is 10.2 Å². The van der Waals surface area contributed by atoms with Gasteiger partial charge in [-0.15, -0.1) is 12.4 Å². The fourth-order valence-electron chi connectivity index (χ4n) is 2.99. The van der Waals surface area contributed by atoms with Crippen molar-refractivity contribution in [3.63, 3.8) is 0 Å². The lowest BCUT2D eigenvalue weighted by atomic mass is 10.1. The van der Waals surface area contributed by atoms with Gasteiger partial charge in [-0.25, -0.2) is 4.98 Å². The van der Waals surface area contributed by atoms with E-state index in [2.05, 4.69) is 36.0 Å². The summed E-state index contributed by atoms with van der Waals surface area (Å²) in [6.45, 7) is 10.2. The van der Waals surface area contributed by atoms with E-state index >= 15 is 0 Å². The molecule has 3 rings (SSSR count). The number of likely N-dealkylation sites (N-methyl/N-ethyl adjacent to an activating group) is 1. The first-order valence-electron chi connectivity index (χ1n) is 9.19. The maximum absolute atomic E-state index is 13.3. The zero-order chi connectivity index (χ0) is 19.7. The summed E-state index contributed by atoms with van der Waals surface area (Å²) >= 11 is 1.56. The Labute approximate surface area is 176 Å². The number of halogens is 1. The van der Waals surface area contributed by atoms with E-state index in [1.165, 1.54) is 11.1 Å². The zero-order valence-corrected chi connectivity index (χ0v) is 18.9. The quantitative estimate of drug-likeness (QED) is 0.602. The van der Waals surface area contributed by atoms with Crippen LogP contribution >= 0.6 is 23.7 Å². The Bertz CT molecular complexity index is 979. The second-order valence-electron chi connectivity index (χ2n) is 7.10. The topological polar surface area (TPSA) is 54.3 Å². The first kappa shape index (κ1) is 22.3. The monoisotopic (exact) mass is 421 g/mol. The number of aryl methyl sites for hydroxylation is 4. The highest BCUT2D eigenvalue weighted by molar-refractivity contribution is 7.22. The Hall–Kier alpha value is -1.96. The fraction of sp³-hybridized carbons (Fsp3) is 0.450. The lowest BCUT2D eigenvalue weighted by Crippen LogP contribution is -2.37. The minimum Gasteiger partial charge on any atom is -0.308 e. The molecule has 0 fully saturated rings. The number of hydrogen-bond donors (Lipinski definition) is 0. The SMILES string of the molecule is CCn1nc(C(=O)N(CCN(C)C)c2nc3c(C)c(C)ccc3s2)cc1C.Cl. The second-order valence-corrected chi connectivity index (χ2v) is 8.11. The lowest BCUT2D eigenvalue weighted by molar-refractivity contribution is 0.0979. The molecule has 0 radical (unpaired) electrons. The van der Waals surface area contributed by atoms with Crippen molar-refractivity contribution in [1.29, 1.82) is 0 Å². The van der Waals surface area contributed by atoms with Crippen molar-refractivity contribution in [3.8, 4) is 0 Å². The molecule has 0 unspecified atom stereocenters. The average molecular weight is 422 g/mol. The van der Waals surface area contributed by atoms with Gasteiger partial charge in [0.1, 0.15) is 0 Å². The van der Waals surface area contributed by atoms with Crippen LogP contribution in [-0.2, 0) is 6.54 Å². The molecule has 0 bridgehead atoms. The van der Waals surface area contributed by atoms with Gasteiger partial charge in [0.25, 0.3) is 5.91 Å². The van der Waals surface area contributed by atoms with Gasteiger partial charge in [0.2, 0.25) is 0 Å². The Balaban J connectivity index is 0.00000280. The number of carbonyl (C=O) groups is 1. The molecule has 6 nitrogen and oxygen atoms in total. The van der Waals surface area contributed by atoms with Gasteiger partial charge in [0, 0.05) is 25.3 Å². The summed E-state index contributed by atoms with van der Waals surface area (Å²) in [6.07, 6.45) is 0. The first-order valence-corrected chi connectivity index (χ1v) is 10.0. The lowest BCUT2D eigenvalue weighted by Gasteiger charge is -2.21. The molecule has 0 saturated heterocycles. The van der Waals surface area contributed by atoms with Gasteiger partial charge in [0.15, 0.2) is 10.8 Å². The molecule has 0 aliphatic carbocycles. The van der Waals surface area contributed by atoms with Crippen LogP contribution in [-0.4, -0.2) is 52.8 Å². The van der Waals surface area contributed by atoms with E-state index < -0.39 is 0 Å². The molecular weight excluding hydrogens is 394 g/mol. The summed E-state index contributed by atoms with van der Waals surface area (Å²) in [4.78, 5) is 21.9. The van der Waals surface area contributed by atoms with Crippen LogP contribution in [0, 0.1) is 20.8 Å². The van der Waals surface area contributed by atoms with E-state index in [9.17, 15) is 4.79 Å². The van der Waals surface area contributed by atoms with Crippen LogP contribution in [0.1, 0.15) is 34.2 Å². The number of carbonyl (C=O) groups excluding carboxylic acids is 1. The van der Waals surface area contributed by atoms with Crippen molar-refractivity contribution in [1.82, 2.24) is 19.7 Å². The number of rotatable bonds is 6. The summed E-state index contributed by atoms with van der Waals surface area (Å²) in [5.74, 6) is -0.0967. The Morgan fingerprint density at radius 3 is 2.50 bits per heavy atom. The van der Waals surface area contributed by atoms with Crippen molar-refractivity contribution in [2.45, 2.75) is 34.2 Å². The Morgan fingerprint density at radius 2 is 1.89 bits per heavy atom. The minimum absolute atomic E-state index is 0. The number of amides is 1. The summed E-state index contributed by atoms with van der Waals surface area (Å²) in [5.41, 5.74) is 4.82. The number of anilines is 1. The molecule has 152 valence electrons. The molecule has 8 heteroatoms. The van der Waals surface area contributed by atoms with Crippen LogP contribution in [0.25, 0.3) is 10.2 Å². The zero-order valence-electron chi connectivity index (χ0n) is 17.3. The highest BCUT2D eigenvalue weighted by atomic mass is 35.5. The molecule has 0 aliphatic rings. The van der Waals surface area contributed by atoms with Gasteiger partial charge in [-0.05, 0) is 65.0 Å². The van der Waals surface area contributed by atoms with Crippen molar-refractivity contribution in [2.24, 2.45) is 0 Å². The molecule has 0 aliphatic heterocycles. The van der Waals surface area contributed by atoms with E-state index in [1.54, 1.807) is 16.2 Å². The number of hydrogen-bond acceptors (Lipinski definition) is 5. The summed E-state index contributed by atoms with van der Waals surface area (Å²) in [6, 6.07) is 6.05. The predicted octanol–water partition coefficient (Wildman–Crippen LogP) is 4.07. The van der Waals surface area contributed by atoms with E-state index in [-0.39, 0.29) is 18.3 Å². The molecule has 0 atom stereocenters. The maximum atomic E-state index is 13.3. The van der Waals surface area contributed by atoms with Gasteiger partial charge in [-0.2, -0.15) is 5.10 Å². The molecule has 0 N–H and O–H groups in total. The van der Waals surface area contributed by atoms with E-state index in [0.717, 1.165) is 34.1 Å². The summed E-state index contributed by atoms with van der Waals surface area (Å²) < 4.78 is 2.95. The third-order valence-electron chi connectivity index (χ3n) is 4.82. The highest BCUT2D eigenvalue weighted by Crippen LogP contribution is 2.32. The number of thiazole rings is 1. The smallest absolute Gasteiger partial charge is 0.280 e. The molecule has 2 aromatic heterocycles. The molecule has 2 heterocycles. The standard InChI is InChI=1S/C20H27N5OS.ClH/c1-7-25-14(3)12-16(22-25)19(26)24(11-10-23(5)6)20-21-18-15(4)13(2)8-9-17(18)27-20;/h8-9,12H,7,10-11H2,1-6H3;1H. The van der Waals surface area contributed by atoms with Crippen LogP contribution in [0.2, 0.25) is 0 Å². The number of nitrogens with zero attached hydrogens (tertiary/aromatic N) is 5. The van der Waals surface area contributed by atoms with Crippen molar-refractivity contribution >= 4 is 45.0 Å². The summed E-state index contributed by atoms with van der Waals surface area (Å²) in [7, 11) is 4.01. The number of fused-ring (bicyclic) bond motifs is 1. The number of benzene rings is 1. The Kier molecular flexibility index (Phi) is 7.20. The third kappa shape index (κ3) is 4.37. The van der Waals surface area contributed by atoms with Crippen LogP contribution in [0.15, 0.2) is 18.2 Å². The molecule has 3 aromatic rings. The normalized spacial score (nSPS) is 11.1. The molecule has 1 aromatic carbocycles. The van der Waals surface area contributed by atoms with Gasteiger partial charge < -0.3 is 4.90 Å². The highest BCUT2D eigenvalue weighted by Gasteiger charge is 2.24. The van der Waals surface area contributed by atoms with E-state index in [4.69, 9.17) is 4.98 Å². The van der Waals surface area contributed by atoms with Gasteiger partial charge >= 0.3 is 0 Å². The van der Waals surface area contributed by atoms with Crippen LogP contribution in [0.5, 0.6) is 0 Å². The van der Waals surface area contributed by atoms with Gasteiger partial charge in [-0.3, -0.25) is 14.4 Å². The van der Waals surface area contributed by atoms with Crippen LogP contribution in [0.4, 0.5) is 5.13 Å². The fourth-order valence-corrected chi connectivity index (χ4v) is 4.04. The average Bonchev–Trinajstić information content (AvgIpc) is 3.22. The third-order valence-corrected chi connectivity index (χ3v) is 5.86. The predicted molar refractivity (Wildman–Crippen MR) is 119 cm³/mol. The van der Waals surface area contributed by atoms with Gasteiger partial charge in [-0.1, -0.05) is 17.4 Å². The maximum Gasteiger partial charge on any atom is 0.280 e. The second kappa shape index (κ2) is 9.03. The van der Waals surface area contributed by atoms with E-state index in [0.29, 0.717) is 12.2 Å². The van der Waals surface area contributed by atoms with Crippen molar-refractivity contribution < 1.29 is 4.79 Å². The summed E-state index contributed by atoms with van der Waals surface area (Å²) in [5, 5.41) is 5.21. The molecule has 1 amide bonds. The minimum atomic E-state index is -0.0967. The molecule has 0 spiro atoms. The number of aromatic nitrogens is 3. The van der Waals surface area contributed by atoms with Crippen molar-refractivity contribution in [3.05, 3.63) is 40.7 Å². The van der Waals surface area contributed by atoms with Crippen molar-refractivity contribution in [2.75, 3.05) is 32.1 Å². The van der Waals surface area contributed by atoms with Crippen LogP contribution in [0.3, 0.4) is 0 Å². The largest absolute Gasteiger partial charge is 0.308 e. The van der Waals surface area contributed by atoms with E-state index in [1.807, 2.05) is 38.7 Å². The molecular formula is C20H28ClN5OS. The molecule has 28 heavy (non-hydrogen) atoms.